The molecule has 4 heteroatoms. The number of hydrogen-bond acceptors (Lipinski definition) is 3. The Balaban J connectivity index is 2.07. The number of carbonyl (C=O) groups excluding carboxylic acids is 1. The minimum absolute atomic E-state index is 0.0810. The molecule has 0 aliphatic carbocycles. The molecule has 2 aliphatic heterocycles. The minimum Gasteiger partial charge on any atom is -0.416 e. The van der Waals surface area contributed by atoms with Crippen molar-refractivity contribution in [3.8, 4) is 0 Å². The zero-order valence-electron chi connectivity index (χ0n) is 16.8. The first-order valence-corrected chi connectivity index (χ1v) is 11.7. The molecule has 0 amide bonds. The Kier molecular flexibility index (Phi) is 5.54. The van der Waals surface area contributed by atoms with Gasteiger partial charge < -0.3 is 9.16 Å². The van der Waals surface area contributed by atoms with Gasteiger partial charge in [0.05, 0.1) is 17.1 Å². The van der Waals surface area contributed by atoms with E-state index in [-0.39, 0.29) is 5.92 Å². The van der Waals surface area contributed by atoms with Crippen LogP contribution < -0.4 is 0 Å². The van der Waals surface area contributed by atoms with E-state index in [9.17, 15) is 4.79 Å². The van der Waals surface area contributed by atoms with Crippen molar-refractivity contribution in [2.45, 2.75) is 96.1 Å². The van der Waals surface area contributed by atoms with Crippen molar-refractivity contribution in [1.29, 1.82) is 0 Å². The zero-order valence-corrected chi connectivity index (χ0v) is 17.8. The quantitative estimate of drug-likeness (QED) is 0.463. The summed E-state index contributed by atoms with van der Waals surface area (Å²) in [6, 6.07) is 0. The average Bonchev–Trinajstić information content (AvgIpc) is 2.68. The van der Waals surface area contributed by atoms with Crippen LogP contribution in [0.1, 0.15) is 68.2 Å². The van der Waals surface area contributed by atoms with Crippen LogP contribution in [0.4, 0.5) is 0 Å². The molecule has 2 rings (SSSR count). The molecule has 0 aromatic heterocycles. The van der Waals surface area contributed by atoms with E-state index in [1.165, 1.54) is 0 Å². The molecule has 3 atom stereocenters. The van der Waals surface area contributed by atoms with Gasteiger partial charge in [-0.05, 0) is 36.9 Å². The largest absolute Gasteiger partial charge is 0.416 e. The van der Waals surface area contributed by atoms with E-state index in [2.05, 4.69) is 60.6 Å². The summed E-state index contributed by atoms with van der Waals surface area (Å²) in [7, 11) is -1.87. The van der Waals surface area contributed by atoms with Gasteiger partial charge in [-0.1, -0.05) is 53.7 Å². The smallest absolute Gasteiger partial charge is 0.200 e. The Morgan fingerprint density at radius 3 is 2.17 bits per heavy atom. The summed E-state index contributed by atoms with van der Waals surface area (Å²) in [5, 5.41) is 0. The third kappa shape index (κ3) is 3.29. The van der Waals surface area contributed by atoms with Gasteiger partial charge in [0.25, 0.3) is 0 Å². The second-order valence-electron chi connectivity index (χ2n) is 9.08. The molecule has 1 saturated heterocycles. The number of ether oxygens (including phenoxy) is 1. The summed E-state index contributed by atoms with van der Waals surface area (Å²) < 4.78 is 12.9. The Hall–Kier alpha value is -0.453. The molecule has 1 fully saturated rings. The van der Waals surface area contributed by atoms with Crippen LogP contribution in [0.15, 0.2) is 12.2 Å². The van der Waals surface area contributed by atoms with Crippen LogP contribution in [0.2, 0.25) is 16.6 Å². The first-order chi connectivity index (χ1) is 11.0. The molecule has 0 aromatic carbocycles. The van der Waals surface area contributed by atoms with Crippen molar-refractivity contribution in [2.75, 3.05) is 6.61 Å². The molecule has 0 spiro atoms. The summed E-state index contributed by atoms with van der Waals surface area (Å²) >= 11 is 0. The number of hydrogen-bond donors (Lipinski definition) is 0. The van der Waals surface area contributed by atoms with Gasteiger partial charge in [-0.3, -0.25) is 4.79 Å². The lowest BCUT2D eigenvalue weighted by molar-refractivity contribution is -0.164. The van der Waals surface area contributed by atoms with Crippen LogP contribution in [-0.4, -0.2) is 31.9 Å². The third-order valence-electron chi connectivity index (χ3n) is 6.29. The number of Topliss-reactive ketones (excluding diaryl/α,β-unsaturated/α-hetero) is 1. The fourth-order valence-electron chi connectivity index (χ4n) is 5.28. The van der Waals surface area contributed by atoms with Crippen molar-refractivity contribution >= 4 is 14.1 Å². The predicted octanol–water partition coefficient (Wildman–Crippen LogP) is 5.26. The van der Waals surface area contributed by atoms with Crippen LogP contribution >= 0.6 is 0 Å². The Morgan fingerprint density at radius 2 is 1.67 bits per heavy atom. The lowest BCUT2D eigenvalue weighted by atomic mass is 9.80. The van der Waals surface area contributed by atoms with Crippen molar-refractivity contribution < 1.29 is 14.0 Å². The maximum atomic E-state index is 12.7. The van der Waals surface area contributed by atoms with Crippen molar-refractivity contribution in [3.05, 3.63) is 12.2 Å². The zero-order chi connectivity index (χ0) is 18.3. The number of carbonyl (C=O) groups is 1. The number of ketones is 1. The van der Waals surface area contributed by atoms with Crippen molar-refractivity contribution in [1.82, 2.24) is 0 Å². The van der Waals surface area contributed by atoms with Gasteiger partial charge in [0.15, 0.2) is 8.32 Å². The summed E-state index contributed by atoms with van der Waals surface area (Å²) in [5.41, 5.74) is 0.865. The summed E-state index contributed by atoms with van der Waals surface area (Å²) in [5.74, 6) is 0.244. The molecule has 24 heavy (non-hydrogen) atoms. The first kappa shape index (κ1) is 19.9. The van der Waals surface area contributed by atoms with Gasteiger partial charge in [0.2, 0.25) is 0 Å². The van der Waals surface area contributed by atoms with E-state index >= 15 is 0 Å². The summed E-state index contributed by atoms with van der Waals surface area (Å²) in [6.45, 7) is 18.5. The molecule has 2 heterocycles. The average molecular weight is 353 g/mol. The van der Waals surface area contributed by atoms with E-state index in [1.54, 1.807) is 0 Å². The Labute approximate surface area is 149 Å². The first-order valence-electron chi connectivity index (χ1n) is 9.54. The second-order valence-corrected chi connectivity index (χ2v) is 14.5. The van der Waals surface area contributed by atoms with Crippen LogP contribution in [0.25, 0.3) is 0 Å². The molecule has 0 saturated carbocycles. The molecule has 0 aromatic rings. The van der Waals surface area contributed by atoms with Gasteiger partial charge in [0.1, 0.15) is 5.78 Å². The monoisotopic (exact) mass is 352 g/mol. The molecule has 1 unspecified atom stereocenters. The second kappa shape index (κ2) is 6.69. The standard InChI is InChI=1S/C20H36O3Si/c1-14(2)24(15(3)4,16(5)6)22-12-9-17-18(21)13-19(7)10-11-20(17,8)23-19/h10-11,14-17H,9,12-13H2,1-8H3/t17?,19-,20+/m1/s1. The molecule has 2 aliphatic rings. The Bertz CT molecular complexity index is 489. The minimum atomic E-state index is -1.87. The molecular weight excluding hydrogens is 316 g/mol. The number of rotatable bonds is 7. The summed E-state index contributed by atoms with van der Waals surface area (Å²) in [6.07, 6.45) is 5.42. The van der Waals surface area contributed by atoms with E-state index in [0.717, 1.165) is 6.42 Å². The molecule has 3 nitrogen and oxygen atoms in total. The molecular formula is C20H36O3Si. The lowest BCUT2D eigenvalue weighted by Crippen LogP contribution is -2.51. The molecule has 0 radical (unpaired) electrons. The SMILES string of the molecule is CC(C)[Si](OCCC1C(=O)C[C@@]2(C)C=C[C@]1(C)O2)(C(C)C)C(C)C. The van der Waals surface area contributed by atoms with Crippen LogP contribution in [0, 0.1) is 5.92 Å². The van der Waals surface area contributed by atoms with Gasteiger partial charge in [-0.2, -0.15) is 0 Å². The van der Waals surface area contributed by atoms with E-state index in [1.807, 2.05) is 6.92 Å². The normalized spacial score (nSPS) is 33.3. The van der Waals surface area contributed by atoms with Crippen LogP contribution in [-0.2, 0) is 14.0 Å². The van der Waals surface area contributed by atoms with Crippen LogP contribution in [0.3, 0.4) is 0 Å². The maximum Gasteiger partial charge on any atom is 0.200 e. The third-order valence-corrected chi connectivity index (χ3v) is 12.4. The topological polar surface area (TPSA) is 35.5 Å². The van der Waals surface area contributed by atoms with Gasteiger partial charge >= 0.3 is 0 Å². The van der Waals surface area contributed by atoms with Gasteiger partial charge in [0, 0.05) is 13.0 Å². The molecule has 2 bridgehead atoms. The van der Waals surface area contributed by atoms with Crippen LogP contribution in [0.5, 0.6) is 0 Å². The van der Waals surface area contributed by atoms with E-state index < -0.39 is 19.5 Å². The van der Waals surface area contributed by atoms with Crippen molar-refractivity contribution in [3.63, 3.8) is 0 Å². The molecule has 0 N–H and O–H groups in total. The maximum absolute atomic E-state index is 12.7. The molecule has 138 valence electrons. The highest BCUT2D eigenvalue weighted by atomic mass is 28.4. The van der Waals surface area contributed by atoms with E-state index in [0.29, 0.717) is 35.4 Å². The fourth-order valence-corrected chi connectivity index (χ4v) is 10.8. The summed E-state index contributed by atoms with van der Waals surface area (Å²) in [4.78, 5) is 12.7. The highest BCUT2D eigenvalue weighted by Crippen LogP contribution is 2.46. The lowest BCUT2D eigenvalue weighted by Gasteiger charge is -2.44. The Morgan fingerprint density at radius 1 is 1.12 bits per heavy atom. The number of fused-ring (bicyclic) bond motifs is 2. The van der Waals surface area contributed by atoms with Gasteiger partial charge in [-0.25, -0.2) is 0 Å². The predicted molar refractivity (Wildman–Crippen MR) is 102 cm³/mol. The van der Waals surface area contributed by atoms with E-state index in [4.69, 9.17) is 9.16 Å². The van der Waals surface area contributed by atoms with Gasteiger partial charge in [-0.15, -0.1) is 0 Å². The van der Waals surface area contributed by atoms with Crippen molar-refractivity contribution in [2.24, 2.45) is 5.92 Å². The highest BCUT2D eigenvalue weighted by Gasteiger charge is 2.53. The highest BCUT2D eigenvalue weighted by molar-refractivity contribution is 6.77. The fraction of sp³-hybridized carbons (Fsp3) is 0.850.